The molecule has 1 atom stereocenters. The molecule has 0 saturated carbocycles. The first-order valence-electron chi connectivity index (χ1n) is 12.2. The zero-order valence-corrected chi connectivity index (χ0v) is 21.7. The minimum Gasteiger partial charge on any atom is -0.487 e. The van der Waals surface area contributed by atoms with Gasteiger partial charge < -0.3 is 10.1 Å². The summed E-state index contributed by atoms with van der Waals surface area (Å²) in [5, 5.41) is 3.32. The Balaban J connectivity index is 1.40. The SMILES string of the molecule is CCC1(CC)C[C@H](NC(=O)C2CCN(S(=O)(=O)Cc3c(F)cccc3Cl)CC2)c2ccccc2O1. The number of carbonyl (C=O) groups is 1. The van der Waals surface area contributed by atoms with Crippen LogP contribution in [0.3, 0.4) is 0 Å². The third kappa shape index (κ3) is 5.49. The molecule has 0 bridgehead atoms. The lowest BCUT2D eigenvalue weighted by Gasteiger charge is -2.42. The Bertz CT molecular complexity index is 1160. The highest BCUT2D eigenvalue weighted by Gasteiger charge is 2.40. The number of hydrogen-bond donors (Lipinski definition) is 1. The summed E-state index contributed by atoms with van der Waals surface area (Å²) in [5.41, 5.74) is 0.625. The molecule has 190 valence electrons. The number of sulfonamides is 1. The lowest BCUT2D eigenvalue weighted by Crippen LogP contribution is -2.47. The van der Waals surface area contributed by atoms with Gasteiger partial charge in [0.25, 0.3) is 0 Å². The van der Waals surface area contributed by atoms with Crippen LogP contribution in [0, 0.1) is 11.7 Å². The number of fused-ring (bicyclic) bond motifs is 1. The number of para-hydroxylation sites is 1. The van der Waals surface area contributed by atoms with Gasteiger partial charge in [-0.2, -0.15) is 0 Å². The summed E-state index contributed by atoms with van der Waals surface area (Å²) in [6.45, 7) is 4.62. The van der Waals surface area contributed by atoms with Crippen molar-refractivity contribution in [1.29, 1.82) is 0 Å². The molecule has 0 aliphatic carbocycles. The smallest absolute Gasteiger partial charge is 0.223 e. The first-order chi connectivity index (χ1) is 16.7. The van der Waals surface area contributed by atoms with E-state index in [9.17, 15) is 17.6 Å². The van der Waals surface area contributed by atoms with Crippen LogP contribution in [0.1, 0.15) is 63.1 Å². The number of nitrogens with zero attached hydrogens (tertiary/aromatic N) is 1. The van der Waals surface area contributed by atoms with E-state index < -0.39 is 21.6 Å². The molecule has 1 saturated heterocycles. The van der Waals surface area contributed by atoms with Crippen molar-refractivity contribution >= 4 is 27.5 Å². The lowest BCUT2D eigenvalue weighted by atomic mass is 9.83. The maximum Gasteiger partial charge on any atom is 0.223 e. The molecular weight excluding hydrogens is 491 g/mol. The zero-order chi connectivity index (χ0) is 25.2. The van der Waals surface area contributed by atoms with Crippen LogP contribution in [0.2, 0.25) is 5.02 Å². The molecule has 2 aliphatic heterocycles. The van der Waals surface area contributed by atoms with E-state index in [1.54, 1.807) is 0 Å². The van der Waals surface area contributed by atoms with Gasteiger partial charge in [0, 0.05) is 41.6 Å². The fourth-order valence-corrected chi connectivity index (χ4v) is 6.98. The highest BCUT2D eigenvalue weighted by Crippen LogP contribution is 2.43. The van der Waals surface area contributed by atoms with E-state index in [0.29, 0.717) is 19.3 Å². The van der Waals surface area contributed by atoms with Gasteiger partial charge in [0.05, 0.1) is 11.8 Å². The van der Waals surface area contributed by atoms with Crippen LogP contribution in [-0.4, -0.2) is 37.3 Å². The van der Waals surface area contributed by atoms with Crippen LogP contribution in [-0.2, 0) is 20.6 Å². The number of ether oxygens (including phenoxy) is 1. The van der Waals surface area contributed by atoms with Crippen molar-refractivity contribution in [1.82, 2.24) is 9.62 Å². The number of nitrogens with one attached hydrogen (secondary N) is 1. The molecule has 1 amide bonds. The van der Waals surface area contributed by atoms with Crippen LogP contribution in [0.15, 0.2) is 42.5 Å². The van der Waals surface area contributed by atoms with Crippen molar-refractivity contribution in [3.8, 4) is 5.75 Å². The topological polar surface area (TPSA) is 75.7 Å². The van der Waals surface area contributed by atoms with E-state index in [4.69, 9.17) is 16.3 Å². The van der Waals surface area contributed by atoms with Crippen LogP contribution in [0.4, 0.5) is 4.39 Å². The quantitative estimate of drug-likeness (QED) is 0.541. The Labute approximate surface area is 211 Å². The molecule has 1 fully saturated rings. The number of rotatable bonds is 7. The summed E-state index contributed by atoms with van der Waals surface area (Å²) < 4.78 is 47.6. The third-order valence-electron chi connectivity index (χ3n) is 7.41. The van der Waals surface area contributed by atoms with E-state index in [2.05, 4.69) is 19.2 Å². The second-order valence-corrected chi connectivity index (χ2v) is 11.8. The molecule has 2 aliphatic rings. The lowest BCUT2D eigenvalue weighted by molar-refractivity contribution is -0.127. The van der Waals surface area contributed by atoms with Crippen molar-refractivity contribution in [2.24, 2.45) is 5.92 Å². The van der Waals surface area contributed by atoms with E-state index in [1.165, 1.54) is 22.5 Å². The predicted octanol–water partition coefficient (Wildman–Crippen LogP) is 5.22. The largest absolute Gasteiger partial charge is 0.487 e. The van der Waals surface area contributed by atoms with Crippen molar-refractivity contribution in [3.05, 3.63) is 64.4 Å². The minimum absolute atomic E-state index is 0.0254. The van der Waals surface area contributed by atoms with Gasteiger partial charge in [-0.1, -0.05) is 49.7 Å². The highest BCUT2D eigenvalue weighted by atomic mass is 35.5. The van der Waals surface area contributed by atoms with Crippen LogP contribution >= 0.6 is 11.6 Å². The molecule has 0 radical (unpaired) electrons. The fraction of sp³-hybridized carbons (Fsp3) is 0.500. The summed E-state index contributed by atoms with van der Waals surface area (Å²) >= 11 is 6.02. The number of benzene rings is 2. The minimum atomic E-state index is -3.76. The van der Waals surface area contributed by atoms with Gasteiger partial charge in [-0.15, -0.1) is 0 Å². The molecule has 4 rings (SSSR count). The molecule has 0 spiro atoms. The standard InChI is InChI=1S/C26H32ClFN2O4S/c1-3-26(4-2)16-23(19-8-5-6-11-24(19)34-26)29-25(31)18-12-14-30(15-13-18)35(32,33)17-20-21(27)9-7-10-22(20)28/h5-11,18,23H,3-4,12-17H2,1-2H3,(H,29,31)/t23-/m0/s1. The van der Waals surface area contributed by atoms with Gasteiger partial charge in [-0.05, 0) is 43.9 Å². The third-order valence-corrected chi connectivity index (χ3v) is 9.57. The maximum atomic E-state index is 14.1. The van der Waals surface area contributed by atoms with Gasteiger partial charge in [-0.3, -0.25) is 4.79 Å². The Morgan fingerprint density at radius 1 is 1.14 bits per heavy atom. The number of hydrogen-bond acceptors (Lipinski definition) is 4. The number of amides is 1. The number of halogens is 2. The maximum absolute atomic E-state index is 14.1. The Kier molecular flexibility index (Phi) is 7.74. The molecule has 6 nitrogen and oxygen atoms in total. The highest BCUT2D eigenvalue weighted by molar-refractivity contribution is 7.88. The predicted molar refractivity (Wildman–Crippen MR) is 134 cm³/mol. The second kappa shape index (κ2) is 10.4. The molecule has 9 heteroatoms. The van der Waals surface area contributed by atoms with Gasteiger partial charge >= 0.3 is 0 Å². The summed E-state index contributed by atoms with van der Waals surface area (Å²) in [5.74, 6) is -0.680. The van der Waals surface area contributed by atoms with Crippen LogP contribution in [0.25, 0.3) is 0 Å². The zero-order valence-electron chi connectivity index (χ0n) is 20.1. The van der Waals surface area contributed by atoms with Crippen LogP contribution < -0.4 is 10.1 Å². The summed E-state index contributed by atoms with van der Waals surface area (Å²) in [4.78, 5) is 13.2. The van der Waals surface area contributed by atoms with E-state index in [0.717, 1.165) is 24.2 Å². The first kappa shape index (κ1) is 25.9. The fourth-order valence-electron chi connectivity index (χ4n) is 5.06. The first-order valence-corrected chi connectivity index (χ1v) is 14.2. The van der Waals surface area contributed by atoms with Gasteiger partial charge in [0.1, 0.15) is 17.2 Å². The Morgan fingerprint density at radius 2 is 1.83 bits per heavy atom. The monoisotopic (exact) mass is 522 g/mol. The Hall–Kier alpha value is -2.16. The molecule has 2 aromatic carbocycles. The van der Waals surface area contributed by atoms with Gasteiger partial charge in [0.2, 0.25) is 15.9 Å². The van der Waals surface area contributed by atoms with Crippen LogP contribution in [0.5, 0.6) is 5.75 Å². The van der Waals surface area contributed by atoms with Crippen molar-refractivity contribution in [2.75, 3.05) is 13.1 Å². The number of carbonyl (C=O) groups excluding carboxylic acids is 1. The van der Waals surface area contributed by atoms with Crippen molar-refractivity contribution in [3.63, 3.8) is 0 Å². The van der Waals surface area contributed by atoms with E-state index in [-0.39, 0.29) is 47.1 Å². The number of piperidine rings is 1. The average Bonchev–Trinajstić information content (AvgIpc) is 2.86. The molecule has 1 N–H and O–H groups in total. The van der Waals surface area contributed by atoms with E-state index >= 15 is 0 Å². The average molecular weight is 523 g/mol. The van der Waals surface area contributed by atoms with Crippen molar-refractivity contribution in [2.45, 2.75) is 63.3 Å². The summed E-state index contributed by atoms with van der Waals surface area (Å²) in [7, 11) is -3.76. The molecular formula is C26H32ClFN2O4S. The normalized spacial score (nSPS) is 20.6. The molecule has 0 unspecified atom stereocenters. The van der Waals surface area contributed by atoms with E-state index in [1.807, 2.05) is 24.3 Å². The Morgan fingerprint density at radius 3 is 2.49 bits per heavy atom. The van der Waals surface area contributed by atoms with Crippen molar-refractivity contribution < 1.29 is 22.3 Å². The van der Waals surface area contributed by atoms with Gasteiger partial charge in [-0.25, -0.2) is 17.1 Å². The molecule has 2 aromatic rings. The molecule has 35 heavy (non-hydrogen) atoms. The molecule has 2 heterocycles. The second-order valence-electron chi connectivity index (χ2n) is 9.43. The molecule has 0 aromatic heterocycles. The summed E-state index contributed by atoms with van der Waals surface area (Å²) in [6, 6.07) is 11.8. The van der Waals surface area contributed by atoms with Gasteiger partial charge in [0.15, 0.2) is 0 Å². The summed E-state index contributed by atoms with van der Waals surface area (Å²) in [6.07, 6.45) is 3.19.